The fourth-order valence-electron chi connectivity index (χ4n) is 3.88. The number of ether oxygens (including phenoxy) is 2. The summed E-state index contributed by atoms with van der Waals surface area (Å²) in [6.45, 7) is 4.70. The average Bonchev–Trinajstić information content (AvgIpc) is 3.03. The number of carbonyl (C=O) groups excluding carboxylic acids is 1. The molecule has 146 valence electrons. The van der Waals surface area contributed by atoms with Gasteiger partial charge in [-0.05, 0) is 68.4 Å². The molecular weight excluding hydrogens is 372 g/mol. The van der Waals surface area contributed by atoms with Gasteiger partial charge >= 0.3 is 5.97 Å². The summed E-state index contributed by atoms with van der Waals surface area (Å²) >= 11 is 1.33. The zero-order chi connectivity index (χ0) is 19.7. The first-order valence-electron chi connectivity index (χ1n) is 9.78. The SMILES string of the molecule is CCOC(=O)c1sc2nc3c(c(-c4cccc(OCC)c4)c2c1N)CCCC3. The summed E-state index contributed by atoms with van der Waals surface area (Å²) in [5.74, 6) is 0.448. The molecule has 6 heteroatoms. The van der Waals surface area contributed by atoms with Gasteiger partial charge in [0.15, 0.2) is 0 Å². The molecule has 5 nitrogen and oxygen atoms in total. The van der Waals surface area contributed by atoms with Crippen molar-refractivity contribution in [1.82, 2.24) is 4.98 Å². The molecule has 0 saturated heterocycles. The maximum absolute atomic E-state index is 12.4. The van der Waals surface area contributed by atoms with Gasteiger partial charge in [-0.2, -0.15) is 0 Å². The maximum Gasteiger partial charge on any atom is 0.350 e. The van der Waals surface area contributed by atoms with E-state index >= 15 is 0 Å². The van der Waals surface area contributed by atoms with Crippen LogP contribution in [0.1, 0.15) is 47.6 Å². The van der Waals surface area contributed by atoms with Gasteiger partial charge in [-0.3, -0.25) is 0 Å². The van der Waals surface area contributed by atoms with Crippen LogP contribution in [0.4, 0.5) is 5.69 Å². The Bertz CT molecular complexity index is 1040. The fraction of sp³-hybridized carbons (Fsp3) is 0.364. The summed E-state index contributed by atoms with van der Waals surface area (Å²) in [5, 5.41) is 0.863. The van der Waals surface area contributed by atoms with Crippen molar-refractivity contribution in [2.45, 2.75) is 39.5 Å². The van der Waals surface area contributed by atoms with Crippen molar-refractivity contribution in [3.8, 4) is 16.9 Å². The lowest BCUT2D eigenvalue weighted by atomic mass is 9.87. The first-order chi connectivity index (χ1) is 13.6. The third-order valence-electron chi connectivity index (χ3n) is 5.05. The second-order valence-corrected chi connectivity index (χ2v) is 7.82. The van der Waals surface area contributed by atoms with E-state index < -0.39 is 0 Å². The first-order valence-corrected chi connectivity index (χ1v) is 10.6. The van der Waals surface area contributed by atoms with Crippen LogP contribution in [0.3, 0.4) is 0 Å². The van der Waals surface area contributed by atoms with Crippen molar-refractivity contribution in [2.75, 3.05) is 18.9 Å². The number of aromatic nitrogens is 1. The van der Waals surface area contributed by atoms with E-state index in [4.69, 9.17) is 20.2 Å². The number of hydrogen-bond donors (Lipinski definition) is 1. The standard InChI is InChI=1S/C22H24N2O3S/c1-3-26-14-9-7-8-13(12-14)17-15-10-5-6-11-16(15)24-21-18(17)19(23)20(28-21)22(25)27-4-2/h7-9,12H,3-6,10-11,23H2,1-2H3. The number of esters is 1. The van der Waals surface area contributed by atoms with Gasteiger partial charge in [0.2, 0.25) is 0 Å². The predicted molar refractivity (Wildman–Crippen MR) is 113 cm³/mol. The Morgan fingerprint density at radius 2 is 2.04 bits per heavy atom. The summed E-state index contributed by atoms with van der Waals surface area (Å²) in [6.07, 6.45) is 4.19. The molecule has 1 aliphatic carbocycles. The summed E-state index contributed by atoms with van der Waals surface area (Å²) in [6, 6.07) is 8.08. The predicted octanol–water partition coefficient (Wildman–Crippen LogP) is 5.00. The molecule has 1 aromatic carbocycles. The number of nitrogens with zero attached hydrogens (tertiary/aromatic N) is 1. The van der Waals surface area contributed by atoms with E-state index in [2.05, 4.69) is 6.07 Å². The topological polar surface area (TPSA) is 74.4 Å². The van der Waals surface area contributed by atoms with Crippen LogP contribution in [-0.2, 0) is 17.6 Å². The number of anilines is 1. The molecule has 0 fully saturated rings. The highest BCUT2D eigenvalue weighted by molar-refractivity contribution is 7.21. The van der Waals surface area contributed by atoms with E-state index in [0.717, 1.165) is 58.5 Å². The Morgan fingerprint density at radius 1 is 1.21 bits per heavy atom. The van der Waals surface area contributed by atoms with Gasteiger partial charge in [0, 0.05) is 11.1 Å². The van der Waals surface area contributed by atoms with Crippen LogP contribution in [0.2, 0.25) is 0 Å². The van der Waals surface area contributed by atoms with E-state index in [1.807, 2.05) is 25.1 Å². The second kappa shape index (κ2) is 7.80. The van der Waals surface area contributed by atoms with Crippen LogP contribution in [0.25, 0.3) is 21.3 Å². The molecule has 0 unspecified atom stereocenters. The summed E-state index contributed by atoms with van der Waals surface area (Å²) in [5.41, 5.74) is 11.4. The molecule has 2 N–H and O–H groups in total. The van der Waals surface area contributed by atoms with Gasteiger partial charge in [0.05, 0.1) is 18.9 Å². The smallest absolute Gasteiger partial charge is 0.350 e. The highest BCUT2D eigenvalue weighted by Crippen LogP contribution is 2.44. The average molecular weight is 397 g/mol. The first kappa shape index (κ1) is 18.7. The Hall–Kier alpha value is -2.60. The lowest BCUT2D eigenvalue weighted by Gasteiger charge is -2.20. The van der Waals surface area contributed by atoms with Gasteiger partial charge in [0.1, 0.15) is 15.5 Å². The highest BCUT2D eigenvalue weighted by Gasteiger charge is 2.26. The number of thiophene rings is 1. The molecule has 3 aromatic rings. The molecular formula is C22H24N2O3S. The van der Waals surface area contributed by atoms with Crippen molar-refractivity contribution in [1.29, 1.82) is 0 Å². The van der Waals surface area contributed by atoms with Crippen LogP contribution >= 0.6 is 11.3 Å². The Labute approximate surface area is 168 Å². The van der Waals surface area contributed by atoms with Crippen molar-refractivity contribution in [3.05, 3.63) is 40.4 Å². The Balaban J connectivity index is 1.99. The maximum atomic E-state index is 12.4. The summed E-state index contributed by atoms with van der Waals surface area (Å²) < 4.78 is 10.9. The fourth-order valence-corrected chi connectivity index (χ4v) is 4.90. The van der Waals surface area contributed by atoms with Crippen LogP contribution in [0.15, 0.2) is 24.3 Å². The van der Waals surface area contributed by atoms with Crippen molar-refractivity contribution in [3.63, 3.8) is 0 Å². The number of pyridine rings is 1. The molecule has 2 heterocycles. The molecule has 28 heavy (non-hydrogen) atoms. The van der Waals surface area contributed by atoms with Crippen LogP contribution < -0.4 is 10.5 Å². The van der Waals surface area contributed by atoms with Crippen LogP contribution in [0.5, 0.6) is 5.75 Å². The molecule has 0 atom stereocenters. The van der Waals surface area contributed by atoms with E-state index in [-0.39, 0.29) is 5.97 Å². The highest BCUT2D eigenvalue weighted by atomic mass is 32.1. The van der Waals surface area contributed by atoms with Gasteiger partial charge in [-0.15, -0.1) is 11.3 Å². The van der Waals surface area contributed by atoms with Gasteiger partial charge < -0.3 is 15.2 Å². The minimum Gasteiger partial charge on any atom is -0.494 e. The Morgan fingerprint density at radius 3 is 2.82 bits per heavy atom. The van der Waals surface area contributed by atoms with E-state index in [1.54, 1.807) is 6.92 Å². The number of hydrogen-bond acceptors (Lipinski definition) is 6. The molecule has 0 amide bonds. The summed E-state index contributed by atoms with van der Waals surface area (Å²) in [4.78, 5) is 18.5. The lowest BCUT2D eigenvalue weighted by Crippen LogP contribution is -2.08. The van der Waals surface area contributed by atoms with Crippen molar-refractivity contribution >= 4 is 33.2 Å². The van der Waals surface area contributed by atoms with Crippen molar-refractivity contribution in [2.24, 2.45) is 0 Å². The number of fused-ring (bicyclic) bond motifs is 2. The van der Waals surface area contributed by atoms with E-state index in [1.165, 1.54) is 16.9 Å². The van der Waals surface area contributed by atoms with Gasteiger partial charge in [-0.25, -0.2) is 9.78 Å². The lowest BCUT2D eigenvalue weighted by molar-refractivity contribution is 0.0533. The molecule has 0 bridgehead atoms. The molecule has 4 rings (SSSR count). The number of nitrogen functional groups attached to an aromatic ring is 1. The molecule has 1 aliphatic rings. The van der Waals surface area contributed by atoms with Crippen molar-refractivity contribution < 1.29 is 14.3 Å². The number of rotatable bonds is 5. The molecule has 2 aromatic heterocycles. The zero-order valence-electron chi connectivity index (χ0n) is 16.2. The molecule has 0 saturated carbocycles. The minimum atomic E-state index is -0.380. The Kier molecular flexibility index (Phi) is 5.22. The monoisotopic (exact) mass is 396 g/mol. The molecule has 0 aliphatic heterocycles. The minimum absolute atomic E-state index is 0.319. The van der Waals surface area contributed by atoms with E-state index in [0.29, 0.717) is 23.8 Å². The number of carbonyl (C=O) groups is 1. The third kappa shape index (κ3) is 3.22. The molecule has 0 spiro atoms. The van der Waals surface area contributed by atoms with Gasteiger partial charge in [-0.1, -0.05) is 12.1 Å². The molecule has 0 radical (unpaired) electrons. The van der Waals surface area contributed by atoms with E-state index in [9.17, 15) is 4.79 Å². The third-order valence-corrected chi connectivity index (χ3v) is 6.13. The largest absolute Gasteiger partial charge is 0.494 e. The zero-order valence-corrected chi connectivity index (χ0v) is 17.0. The summed E-state index contributed by atoms with van der Waals surface area (Å²) in [7, 11) is 0. The van der Waals surface area contributed by atoms with Gasteiger partial charge in [0.25, 0.3) is 0 Å². The normalized spacial score (nSPS) is 13.4. The van der Waals surface area contributed by atoms with Crippen LogP contribution in [-0.4, -0.2) is 24.2 Å². The number of nitrogens with two attached hydrogens (primary N) is 1. The van der Waals surface area contributed by atoms with Crippen LogP contribution in [0, 0.1) is 0 Å². The second-order valence-electron chi connectivity index (χ2n) is 6.83. The number of benzene rings is 1. The quantitative estimate of drug-likeness (QED) is 0.614. The number of aryl methyl sites for hydroxylation is 1.